The molecule has 0 unspecified atom stereocenters. The van der Waals surface area contributed by atoms with Gasteiger partial charge in [-0.2, -0.15) is 0 Å². The minimum atomic E-state index is 0.239. The molecule has 0 amide bonds. The molecule has 3 rings (SSSR count). The van der Waals surface area contributed by atoms with E-state index in [2.05, 4.69) is 42.7 Å². The Hall–Kier alpha value is -2.46. The van der Waals surface area contributed by atoms with Crippen molar-refractivity contribution in [1.82, 2.24) is 4.57 Å². The number of phenols is 1. The summed E-state index contributed by atoms with van der Waals surface area (Å²) in [6.45, 7) is 5.35. The molecule has 0 atom stereocenters. The van der Waals surface area contributed by atoms with Gasteiger partial charge in [0, 0.05) is 23.5 Å². The molecule has 0 aliphatic heterocycles. The molecule has 1 aromatic heterocycles. The number of nitrogens with two attached hydrogens (primary N) is 1. The molecule has 0 bridgehead atoms. The number of aromatic nitrogens is 1. The smallest absolute Gasteiger partial charge is 0.128 e. The van der Waals surface area contributed by atoms with Crippen molar-refractivity contribution in [3.63, 3.8) is 0 Å². The fourth-order valence-corrected chi connectivity index (χ4v) is 2.87. The van der Waals surface area contributed by atoms with Crippen LogP contribution >= 0.6 is 0 Å². The van der Waals surface area contributed by atoms with E-state index in [-0.39, 0.29) is 5.75 Å². The van der Waals surface area contributed by atoms with Crippen molar-refractivity contribution in [3.8, 4) is 11.5 Å². The first-order valence-electron chi connectivity index (χ1n) is 7.83. The molecule has 2 aromatic carbocycles. The molecule has 4 heteroatoms. The molecule has 0 aliphatic rings. The number of phenolic OH excluding ortho intramolecular Hbond substituents is 1. The molecule has 0 aliphatic carbocycles. The van der Waals surface area contributed by atoms with Crippen molar-refractivity contribution < 1.29 is 9.84 Å². The summed E-state index contributed by atoms with van der Waals surface area (Å²) < 4.78 is 8.15. The van der Waals surface area contributed by atoms with Crippen LogP contribution in [0.4, 0.5) is 0 Å². The van der Waals surface area contributed by atoms with Gasteiger partial charge in [-0.3, -0.25) is 0 Å². The first kappa shape index (κ1) is 15.4. The van der Waals surface area contributed by atoms with Gasteiger partial charge in [0.15, 0.2) is 0 Å². The fourth-order valence-electron chi connectivity index (χ4n) is 2.87. The Bertz CT molecular complexity index is 804. The van der Waals surface area contributed by atoms with Crippen molar-refractivity contribution >= 4 is 10.9 Å². The van der Waals surface area contributed by atoms with Crippen LogP contribution in [0.3, 0.4) is 0 Å². The summed E-state index contributed by atoms with van der Waals surface area (Å²) in [4.78, 5) is 0. The molecular weight excluding hydrogens is 288 g/mol. The van der Waals surface area contributed by atoms with Crippen LogP contribution in [-0.4, -0.2) is 9.67 Å². The van der Waals surface area contributed by atoms with Crippen LogP contribution in [0.2, 0.25) is 0 Å². The predicted molar refractivity (Wildman–Crippen MR) is 92.7 cm³/mol. The predicted octanol–water partition coefficient (Wildman–Crippen LogP) is 3.97. The molecule has 1 heterocycles. The Labute approximate surface area is 136 Å². The van der Waals surface area contributed by atoms with E-state index >= 15 is 0 Å². The second-order valence-corrected chi connectivity index (χ2v) is 5.98. The van der Waals surface area contributed by atoms with Crippen LogP contribution in [0.5, 0.6) is 11.5 Å². The van der Waals surface area contributed by atoms with Crippen LogP contribution in [-0.2, 0) is 13.2 Å². The number of hydrogen-bond acceptors (Lipinski definition) is 3. The van der Waals surface area contributed by atoms with Gasteiger partial charge in [0.05, 0.1) is 5.69 Å². The van der Waals surface area contributed by atoms with Gasteiger partial charge in [-0.25, -0.2) is 0 Å². The lowest BCUT2D eigenvalue weighted by Crippen LogP contribution is -2.08. The van der Waals surface area contributed by atoms with Gasteiger partial charge in [-0.15, -0.1) is 0 Å². The third kappa shape index (κ3) is 3.17. The molecule has 0 saturated heterocycles. The standard InChI is InChI=1S/C19H22N2O2/c1-13(2)21-16(12-23-18-7-5-17(22)6-8-18)10-15-4-3-14(11-20)9-19(15)21/h3-10,13,22H,11-12,20H2,1-2H3. The molecule has 0 radical (unpaired) electrons. The van der Waals surface area contributed by atoms with E-state index in [9.17, 15) is 5.11 Å². The maximum atomic E-state index is 9.33. The summed E-state index contributed by atoms with van der Waals surface area (Å²) in [5, 5.41) is 10.5. The molecule has 0 spiro atoms. The zero-order valence-corrected chi connectivity index (χ0v) is 13.5. The van der Waals surface area contributed by atoms with E-state index in [0.29, 0.717) is 19.2 Å². The van der Waals surface area contributed by atoms with Gasteiger partial charge in [-0.1, -0.05) is 12.1 Å². The lowest BCUT2D eigenvalue weighted by atomic mass is 10.1. The SMILES string of the molecule is CC(C)n1c(COc2ccc(O)cc2)cc2ccc(CN)cc21. The summed E-state index contributed by atoms with van der Waals surface area (Å²) in [7, 11) is 0. The first-order valence-corrected chi connectivity index (χ1v) is 7.83. The number of aromatic hydroxyl groups is 1. The second-order valence-electron chi connectivity index (χ2n) is 5.98. The molecular formula is C19H22N2O2. The Kier molecular flexibility index (Phi) is 4.26. The largest absolute Gasteiger partial charge is 0.508 e. The second kappa shape index (κ2) is 6.34. The molecule has 3 N–H and O–H groups in total. The van der Waals surface area contributed by atoms with Crippen molar-refractivity contribution in [2.24, 2.45) is 5.73 Å². The number of ether oxygens (including phenoxy) is 1. The fraction of sp³-hybridized carbons (Fsp3) is 0.263. The summed E-state index contributed by atoms with van der Waals surface area (Å²) in [5.41, 5.74) is 9.20. The lowest BCUT2D eigenvalue weighted by Gasteiger charge is -2.15. The van der Waals surface area contributed by atoms with Gasteiger partial charge < -0.3 is 20.1 Å². The monoisotopic (exact) mass is 310 g/mol. The van der Waals surface area contributed by atoms with Crippen LogP contribution < -0.4 is 10.5 Å². The Morgan fingerprint density at radius 3 is 2.48 bits per heavy atom. The summed E-state index contributed by atoms with van der Waals surface area (Å²) in [6.07, 6.45) is 0. The minimum Gasteiger partial charge on any atom is -0.508 e. The van der Waals surface area contributed by atoms with Gasteiger partial charge >= 0.3 is 0 Å². The van der Waals surface area contributed by atoms with E-state index in [1.807, 2.05) is 0 Å². The van der Waals surface area contributed by atoms with E-state index in [1.165, 1.54) is 10.9 Å². The molecule has 0 saturated carbocycles. The Morgan fingerprint density at radius 1 is 1.09 bits per heavy atom. The van der Waals surface area contributed by atoms with E-state index < -0.39 is 0 Å². The maximum Gasteiger partial charge on any atom is 0.128 e. The Balaban J connectivity index is 1.93. The molecule has 4 nitrogen and oxygen atoms in total. The molecule has 3 aromatic rings. The Morgan fingerprint density at radius 2 is 1.83 bits per heavy atom. The average molecular weight is 310 g/mol. The highest BCUT2D eigenvalue weighted by Gasteiger charge is 2.12. The van der Waals surface area contributed by atoms with E-state index in [4.69, 9.17) is 10.5 Å². The topological polar surface area (TPSA) is 60.4 Å². The van der Waals surface area contributed by atoms with Gasteiger partial charge in [0.1, 0.15) is 18.1 Å². The van der Waals surface area contributed by atoms with Gasteiger partial charge in [0.2, 0.25) is 0 Å². The summed E-state index contributed by atoms with van der Waals surface area (Å²) in [6, 6.07) is 15.6. The average Bonchev–Trinajstić information content (AvgIpc) is 2.91. The van der Waals surface area contributed by atoms with Crippen LogP contribution in [0.25, 0.3) is 10.9 Å². The molecule has 23 heavy (non-hydrogen) atoms. The number of fused-ring (bicyclic) bond motifs is 1. The zero-order valence-electron chi connectivity index (χ0n) is 13.5. The molecule has 120 valence electrons. The third-order valence-electron chi connectivity index (χ3n) is 3.96. The van der Waals surface area contributed by atoms with Crippen LogP contribution in [0.15, 0.2) is 48.5 Å². The van der Waals surface area contributed by atoms with Crippen molar-refractivity contribution in [2.45, 2.75) is 33.0 Å². The van der Waals surface area contributed by atoms with E-state index in [1.54, 1.807) is 24.3 Å². The molecule has 0 fully saturated rings. The van der Waals surface area contributed by atoms with Crippen molar-refractivity contribution in [2.75, 3.05) is 0 Å². The number of hydrogen-bond donors (Lipinski definition) is 2. The number of nitrogens with zero attached hydrogens (tertiary/aromatic N) is 1. The quantitative estimate of drug-likeness (QED) is 0.749. The highest BCUT2D eigenvalue weighted by Crippen LogP contribution is 2.26. The van der Waals surface area contributed by atoms with Crippen LogP contribution in [0, 0.1) is 0 Å². The van der Waals surface area contributed by atoms with Crippen molar-refractivity contribution in [3.05, 3.63) is 59.8 Å². The number of benzene rings is 2. The lowest BCUT2D eigenvalue weighted by molar-refractivity contribution is 0.292. The normalized spacial score (nSPS) is 11.3. The summed E-state index contributed by atoms with van der Waals surface area (Å²) >= 11 is 0. The maximum absolute atomic E-state index is 9.33. The third-order valence-corrected chi connectivity index (χ3v) is 3.96. The van der Waals surface area contributed by atoms with Gasteiger partial charge in [-0.05, 0) is 55.8 Å². The highest BCUT2D eigenvalue weighted by atomic mass is 16.5. The summed E-state index contributed by atoms with van der Waals surface area (Å²) in [5.74, 6) is 0.981. The van der Waals surface area contributed by atoms with E-state index in [0.717, 1.165) is 17.0 Å². The number of rotatable bonds is 5. The minimum absolute atomic E-state index is 0.239. The van der Waals surface area contributed by atoms with Crippen molar-refractivity contribution in [1.29, 1.82) is 0 Å². The van der Waals surface area contributed by atoms with Gasteiger partial charge in [0.25, 0.3) is 0 Å². The first-order chi connectivity index (χ1) is 11.1. The van der Waals surface area contributed by atoms with Crippen LogP contribution in [0.1, 0.15) is 31.1 Å². The zero-order chi connectivity index (χ0) is 16.4. The highest BCUT2D eigenvalue weighted by molar-refractivity contribution is 5.82.